The van der Waals surface area contributed by atoms with Crippen molar-refractivity contribution in [3.05, 3.63) is 11.1 Å². The van der Waals surface area contributed by atoms with E-state index in [1.165, 1.54) is 7.11 Å². The summed E-state index contributed by atoms with van der Waals surface area (Å²) in [5, 5.41) is 10.6. The molecule has 0 aromatic rings. The molecule has 0 aromatic carbocycles. The lowest BCUT2D eigenvalue weighted by molar-refractivity contribution is -0.159. The van der Waals surface area contributed by atoms with Gasteiger partial charge < -0.3 is 19.3 Å². The highest BCUT2D eigenvalue weighted by atomic mass is 16.5. The van der Waals surface area contributed by atoms with Crippen molar-refractivity contribution >= 4 is 23.7 Å². The van der Waals surface area contributed by atoms with Crippen LogP contribution in [0.1, 0.15) is 44.9 Å². The van der Waals surface area contributed by atoms with Crippen molar-refractivity contribution in [2.75, 3.05) is 21.3 Å². The highest BCUT2D eigenvalue weighted by Gasteiger charge is 2.52. The van der Waals surface area contributed by atoms with Gasteiger partial charge in [-0.3, -0.25) is 9.59 Å². The molecule has 0 spiro atoms. The normalized spacial score (nSPS) is 19.8. The molecule has 1 N–H and O–H groups in total. The number of carbonyl (C=O) groups is 4. The number of ketones is 1. The highest BCUT2D eigenvalue weighted by Crippen LogP contribution is 2.38. The fourth-order valence-corrected chi connectivity index (χ4v) is 2.86. The van der Waals surface area contributed by atoms with Gasteiger partial charge in [-0.25, -0.2) is 9.59 Å². The Bertz CT molecular complexity index is 577. The van der Waals surface area contributed by atoms with Crippen molar-refractivity contribution in [2.45, 2.75) is 50.5 Å². The molecule has 1 rings (SSSR count). The average molecular weight is 356 g/mol. The summed E-state index contributed by atoms with van der Waals surface area (Å²) in [5.74, 6) is -2.76. The molecule has 1 unspecified atom stereocenters. The first-order valence-electron chi connectivity index (χ1n) is 8.04. The van der Waals surface area contributed by atoms with E-state index in [0.717, 1.165) is 20.6 Å². The molecule has 8 heteroatoms. The lowest BCUT2D eigenvalue weighted by Crippen LogP contribution is -2.40. The molecule has 1 atom stereocenters. The number of hydrogen-bond donors (Lipinski definition) is 1. The lowest BCUT2D eigenvalue weighted by atomic mass is 9.90. The minimum Gasteiger partial charge on any atom is -0.469 e. The number of methoxy groups -OCH3 is 3. The van der Waals surface area contributed by atoms with E-state index in [0.29, 0.717) is 25.7 Å². The van der Waals surface area contributed by atoms with Gasteiger partial charge >= 0.3 is 17.9 Å². The summed E-state index contributed by atoms with van der Waals surface area (Å²) in [7, 11) is 3.56. The summed E-state index contributed by atoms with van der Waals surface area (Å²) >= 11 is 0. The van der Waals surface area contributed by atoms with E-state index in [-0.39, 0.29) is 23.5 Å². The number of carbonyl (C=O) groups excluding carboxylic acids is 4. The molecular weight excluding hydrogens is 332 g/mol. The fourth-order valence-electron chi connectivity index (χ4n) is 2.86. The van der Waals surface area contributed by atoms with Gasteiger partial charge in [0.25, 0.3) is 0 Å². The Hall–Kier alpha value is -2.22. The zero-order chi connectivity index (χ0) is 19.0. The number of hydrogen-bond acceptors (Lipinski definition) is 8. The van der Waals surface area contributed by atoms with Gasteiger partial charge in [-0.15, -0.1) is 0 Å². The minimum atomic E-state index is -2.12. The van der Waals surface area contributed by atoms with Crippen LogP contribution in [0.15, 0.2) is 11.1 Å². The van der Waals surface area contributed by atoms with Crippen molar-refractivity contribution in [2.24, 2.45) is 0 Å². The predicted octanol–water partition coefficient (Wildman–Crippen LogP) is 0.846. The first-order chi connectivity index (χ1) is 11.8. The quantitative estimate of drug-likeness (QED) is 0.280. The van der Waals surface area contributed by atoms with Crippen LogP contribution in [0.25, 0.3) is 0 Å². The molecule has 1 aliphatic rings. The summed E-state index contributed by atoms with van der Waals surface area (Å²) in [6.07, 6.45) is 2.58. The SMILES string of the molecule is COC(=O)CCCCCCC1=C(C(=O)OC)C(=O)CC1(O)C(=O)OC. The first-order valence-corrected chi connectivity index (χ1v) is 8.04. The van der Waals surface area contributed by atoms with Crippen LogP contribution in [0, 0.1) is 0 Å². The van der Waals surface area contributed by atoms with E-state index in [1.807, 2.05) is 0 Å². The maximum Gasteiger partial charge on any atom is 0.342 e. The second-order valence-electron chi connectivity index (χ2n) is 5.79. The van der Waals surface area contributed by atoms with Crippen LogP contribution in [0.4, 0.5) is 0 Å². The fraction of sp³-hybridized carbons (Fsp3) is 0.647. The largest absolute Gasteiger partial charge is 0.469 e. The van der Waals surface area contributed by atoms with Gasteiger partial charge in [0, 0.05) is 6.42 Å². The standard InChI is InChI=1S/C17H24O8/c1-23-13(19)9-7-5-4-6-8-11-14(15(20)24-2)12(18)10-17(11,22)16(21)25-3/h22H,4-10H2,1-3H3. The number of ether oxygens (including phenoxy) is 3. The zero-order valence-electron chi connectivity index (χ0n) is 14.8. The van der Waals surface area contributed by atoms with Crippen LogP contribution in [-0.2, 0) is 33.4 Å². The number of rotatable bonds is 9. The Balaban J connectivity index is 2.79. The average Bonchev–Trinajstić information content (AvgIpc) is 2.87. The number of aliphatic hydroxyl groups is 1. The van der Waals surface area contributed by atoms with Gasteiger partial charge in [-0.05, 0) is 24.8 Å². The molecule has 25 heavy (non-hydrogen) atoms. The third-order valence-corrected chi connectivity index (χ3v) is 4.19. The number of Topliss-reactive ketones (excluding diaryl/α,β-unsaturated/α-hetero) is 1. The molecule has 0 fully saturated rings. The van der Waals surface area contributed by atoms with Gasteiger partial charge in [-0.2, -0.15) is 0 Å². The van der Waals surface area contributed by atoms with E-state index < -0.39 is 29.7 Å². The molecule has 0 amide bonds. The summed E-state index contributed by atoms with van der Waals surface area (Å²) in [6, 6.07) is 0. The molecular formula is C17H24O8. The third-order valence-electron chi connectivity index (χ3n) is 4.19. The maximum atomic E-state index is 12.1. The van der Waals surface area contributed by atoms with E-state index in [4.69, 9.17) is 0 Å². The van der Waals surface area contributed by atoms with Crippen LogP contribution in [0.5, 0.6) is 0 Å². The molecule has 0 heterocycles. The predicted molar refractivity (Wildman–Crippen MR) is 85.3 cm³/mol. The van der Waals surface area contributed by atoms with Crippen molar-refractivity contribution in [1.29, 1.82) is 0 Å². The Morgan fingerprint density at radius 2 is 1.64 bits per heavy atom. The summed E-state index contributed by atoms with van der Waals surface area (Å²) in [4.78, 5) is 46.9. The summed E-state index contributed by atoms with van der Waals surface area (Å²) in [6.45, 7) is 0. The minimum absolute atomic E-state index is 0.0455. The molecule has 0 aromatic heterocycles. The van der Waals surface area contributed by atoms with Crippen molar-refractivity contribution in [1.82, 2.24) is 0 Å². The molecule has 0 aliphatic heterocycles. The molecule has 0 saturated carbocycles. The van der Waals surface area contributed by atoms with Crippen molar-refractivity contribution in [3.63, 3.8) is 0 Å². The second-order valence-corrected chi connectivity index (χ2v) is 5.79. The highest BCUT2D eigenvalue weighted by molar-refractivity contribution is 6.22. The van der Waals surface area contributed by atoms with Crippen LogP contribution in [-0.4, -0.2) is 55.7 Å². The zero-order valence-corrected chi connectivity index (χ0v) is 14.8. The smallest absolute Gasteiger partial charge is 0.342 e. The van der Waals surface area contributed by atoms with E-state index in [1.54, 1.807) is 0 Å². The molecule has 0 radical (unpaired) electrons. The molecule has 0 saturated heterocycles. The van der Waals surface area contributed by atoms with Gasteiger partial charge in [0.2, 0.25) is 0 Å². The number of esters is 3. The van der Waals surface area contributed by atoms with Gasteiger partial charge in [-0.1, -0.05) is 12.8 Å². The van der Waals surface area contributed by atoms with Crippen LogP contribution < -0.4 is 0 Å². The summed E-state index contributed by atoms with van der Waals surface area (Å²) in [5.41, 5.74) is -2.35. The molecule has 0 bridgehead atoms. The lowest BCUT2D eigenvalue weighted by Gasteiger charge is -2.22. The van der Waals surface area contributed by atoms with Crippen LogP contribution in [0.3, 0.4) is 0 Å². The molecule has 1 aliphatic carbocycles. The second kappa shape index (κ2) is 9.31. The van der Waals surface area contributed by atoms with E-state index >= 15 is 0 Å². The third kappa shape index (κ3) is 4.88. The van der Waals surface area contributed by atoms with Gasteiger partial charge in [0.1, 0.15) is 5.57 Å². The van der Waals surface area contributed by atoms with Gasteiger partial charge in [0.05, 0.1) is 27.8 Å². The van der Waals surface area contributed by atoms with Crippen molar-refractivity contribution < 1.29 is 38.5 Å². The van der Waals surface area contributed by atoms with Crippen LogP contribution in [0.2, 0.25) is 0 Å². The maximum absolute atomic E-state index is 12.1. The van der Waals surface area contributed by atoms with E-state index in [2.05, 4.69) is 14.2 Å². The Morgan fingerprint density at radius 1 is 1.00 bits per heavy atom. The topological polar surface area (TPSA) is 116 Å². The van der Waals surface area contributed by atoms with Crippen molar-refractivity contribution in [3.8, 4) is 0 Å². The summed E-state index contributed by atoms with van der Waals surface area (Å²) < 4.78 is 13.7. The van der Waals surface area contributed by atoms with E-state index in [9.17, 15) is 24.3 Å². The van der Waals surface area contributed by atoms with Crippen LogP contribution >= 0.6 is 0 Å². The molecule has 140 valence electrons. The Morgan fingerprint density at radius 3 is 2.20 bits per heavy atom. The Kier molecular flexibility index (Phi) is 7.76. The molecule has 8 nitrogen and oxygen atoms in total. The monoisotopic (exact) mass is 356 g/mol. The van der Waals surface area contributed by atoms with Gasteiger partial charge in [0.15, 0.2) is 11.4 Å². The number of unbranched alkanes of at least 4 members (excludes halogenated alkanes) is 3. The first kappa shape index (κ1) is 20.8. The Labute approximate surface area is 146 Å².